The van der Waals surface area contributed by atoms with Crippen molar-refractivity contribution in [2.75, 3.05) is 13.2 Å². The van der Waals surface area contributed by atoms with Crippen molar-refractivity contribution in [1.82, 2.24) is 10.4 Å². The van der Waals surface area contributed by atoms with Crippen molar-refractivity contribution < 1.29 is 19.2 Å². The Morgan fingerprint density at radius 2 is 1.93 bits per heavy atom. The van der Waals surface area contributed by atoms with Crippen molar-refractivity contribution >= 4 is 14.4 Å². The van der Waals surface area contributed by atoms with Gasteiger partial charge >= 0.3 is 6.09 Å². The van der Waals surface area contributed by atoms with Gasteiger partial charge in [-0.15, -0.1) is 0 Å². The number of hydrogen-bond donors (Lipinski definition) is 2. The molecule has 1 unspecified atom stereocenters. The van der Waals surface area contributed by atoms with Crippen LogP contribution in [0.15, 0.2) is 30.3 Å². The maximum atomic E-state index is 11.7. The van der Waals surface area contributed by atoms with Gasteiger partial charge in [-0.3, -0.25) is 4.84 Å². The Morgan fingerprint density at radius 3 is 2.52 bits per heavy atom. The maximum absolute atomic E-state index is 11.7. The van der Waals surface area contributed by atoms with Crippen LogP contribution in [-0.4, -0.2) is 49.7 Å². The van der Waals surface area contributed by atoms with Crippen LogP contribution in [0.1, 0.15) is 39.2 Å². The van der Waals surface area contributed by atoms with Crippen LogP contribution in [0.3, 0.4) is 0 Å². The van der Waals surface area contributed by atoms with Gasteiger partial charge in [-0.25, -0.2) is 4.79 Å². The van der Waals surface area contributed by atoms with Gasteiger partial charge in [0.1, 0.15) is 0 Å². The normalized spacial score (nSPS) is 21.3. The Hall–Kier alpha value is -1.41. The third kappa shape index (κ3) is 6.31. The number of piperidine rings is 1. The lowest BCUT2D eigenvalue weighted by Gasteiger charge is -2.41. The molecule has 2 atom stereocenters. The molecule has 2 rings (SSSR count). The van der Waals surface area contributed by atoms with Crippen LogP contribution in [0.4, 0.5) is 4.79 Å². The lowest BCUT2D eigenvalue weighted by Crippen LogP contribution is -2.55. The number of nitrogens with one attached hydrogen (secondary N) is 1. The van der Waals surface area contributed by atoms with Gasteiger partial charge in [-0.2, -0.15) is 5.48 Å². The van der Waals surface area contributed by atoms with E-state index in [2.05, 4.69) is 39.3 Å². The number of hydroxylamine groups is 1. The molecule has 0 radical (unpaired) electrons. The Labute approximate surface area is 163 Å². The first-order valence-corrected chi connectivity index (χ1v) is 12.6. The second-order valence-corrected chi connectivity index (χ2v) is 13.6. The van der Waals surface area contributed by atoms with Crippen molar-refractivity contribution in [3.05, 3.63) is 35.9 Å². The van der Waals surface area contributed by atoms with E-state index in [1.165, 1.54) is 4.90 Å². The first kappa shape index (κ1) is 21.9. The van der Waals surface area contributed by atoms with Crippen LogP contribution in [0.5, 0.6) is 0 Å². The fraction of sp³-hybridized carbons (Fsp3) is 0.650. The van der Waals surface area contributed by atoms with Gasteiger partial charge in [0.2, 0.25) is 0 Å². The Bertz CT molecular complexity index is 604. The summed E-state index contributed by atoms with van der Waals surface area (Å²) in [4.78, 5) is 18.8. The Balaban J connectivity index is 1.84. The van der Waals surface area contributed by atoms with Gasteiger partial charge in [0.05, 0.1) is 25.3 Å². The van der Waals surface area contributed by atoms with E-state index in [0.717, 1.165) is 18.4 Å². The molecule has 0 saturated carbocycles. The molecular weight excluding hydrogens is 360 g/mol. The summed E-state index contributed by atoms with van der Waals surface area (Å²) in [5.74, 6) is 0. The van der Waals surface area contributed by atoms with Crippen molar-refractivity contribution in [3.63, 3.8) is 0 Å². The lowest BCUT2D eigenvalue weighted by molar-refractivity contribution is -0.0246. The minimum atomic E-state index is -1.89. The van der Waals surface area contributed by atoms with Crippen LogP contribution < -0.4 is 5.48 Å². The number of amides is 1. The van der Waals surface area contributed by atoms with Crippen molar-refractivity contribution in [1.29, 1.82) is 0 Å². The second-order valence-electron chi connectivity index (χ2n) is 8.83. The minimum Gasteiger partial charge on any atom is -0.465 e. The predicted molar refractivity (Wildman–Crippen MR) is 109 cm³/mol. The van der Waals surface area contributed by atoms with E-state index in [4.69, 9.17) is 9.26 Å². The van der Waals surface area contributed by atoms with Crippen LogP contribution in [0, 0.1) is 0 Å². The van der Waals surface area contributed by atoms with E-state index in [9.17, 15) is 9.90 Å². The molecule has 0 aromatic heterocycles. The molecule has 1 aromatic carbocycles. The number of nitrogens with zero attached hydrogens (tertiary/aromatic N) is 1. The third-order valence-corrected chi connectivity index (χ3v) is 10.2. The average Bonchev–Trinajstić information content (AvgIpc) is 2.60. The predicted octanol–water partition coefficient (Wildman–Crippen LogP) is 4.24. The average molecular weight is 395 g/mol. The quantitative estimate of drug-likeness (QED) is 0.535. The molecule has 0 bridgehead atoms. The van der Waals surface area contributed by atoms with Gasteiger partial charge in [-0.05, 0) is 36.5 Å². The monoisotopic (exact) mass is 394 g/mol. The molecule has 152 valence electrons. The molecule has 1 fully saturated rings. The van der Waals surface area contributed by atoms with E-state index < -0.39 is 14.4 Å². The SMILES string of the molecule is CC(C)(C)[Si](C)(C)OC[C@@H]1CCC(NOCc2ccccc2)CN1C(=O)O. The van der Waals surface area contributed by atoms with Crippen molar-refractivity contribution in [2.45, 2.75) is 70.4 Å². The second kappa shape index (κ2) is 9.19. The number of carboxylic acid groups (broad SMARTS) is 1. The van der Waals surface area contributed by atoms with Gasteiger partial charge in [-0.1, -0.05) is 51.1 Å². The maximum Gasteiger partial charge on any atom is 0.407 e. The van der Waals surface area contributed by atoms with Gasteiger partial charge < -0.3 is 14.4 Å². The molecule has 1 saturated heterocycles. The van der Waals surface area contributed by atoms with Gasteiger partial charge in [0, 0.05) is 6.54 Å². The van der Waals surface area contributed by atoms with E-state index >= 15 is 0 Å². The number of rotatable bonds is 7. The van der Waals surface area contributed by atoms with Crippen LogP contribution in [0.25, 0.3) is 0 Å². The number of carbonyl (C=O) groups is 1. The summed E-state index contributed by atoms with van der Waals surface area (Å²) in [6.07, 6.45) is 0.741. The summed E-state index contributed by atoms with van der Waals surface area (Å²) < 4.78 is 6.27. The largest absolute Gasteiger partial charge is 0.465 e. The summed E-state index contributed by atoms with van der Waals surface area (Å²) in [5.41, 5.74) is 4.12. The molecule has 1 heterocycles. The van der Waals surface area contributed by atoms with E-state index in [1.807, 2.05) is 30.3 Å². The molecule has 27 heavy (non-hydrogen) atoms. The standard InChI is InChI=1S/C20H34N2O4Si/c1-20(2,3)27(4,5)26-15-18-12-11-17(13-22(18)19(23)24)21-25-14-16-9-7-6-8-10-16/h6-10,17-18,21H,11-15H2,1-5H3,(H,23,24)/t17?,18-/m0/s1. The lowest BCUT2D eigenvalue weighted by atomic mass is 10.00. The number of benzene rings is 1. The molecule has 1 aliphatic heterocycles. The first-order chi connectivity index (χ1) is 12.6. The molecular formula is C20H34N2O4Si. The van der Waals surface area contributed by atoms with Gasteiger partial charge in [0.25, 0.3) is 0 Å². The summed E-state index contributed by atoms with van der Waals surface area (Å²) >= 11 is 0. The molecule has 0 aliphatic carbocycles. The highest BCUT2D eigenvalue weighted by Crippen LogP contribution is 2.37. The summed E-state index contributed by atoms with van der Waals surface area (Å²) in [7, 11) is -1.89. The molecule has 2 N–H and O–H groups in total. The summed E-state index contributed by atoms with van der Waals surface area (Å²) in [5, 5.41) is 9.75. The highest BCUT2D eigenvalue weighted by molar-refractivity contribution is 6.74. The zero-order valence-electron chi connectivity index (χ0n) is 17.2. The minimum absolute atomic E-state index is 0.00562. The molecule has 1 aromatic rings. The molecule has 7 heteroatoms. The smallest absolute Gasteiger partial charge is 0.407 e. The van der Waals surface area contributed by atoms with Crippen LogP contribution in [0.2, 0.25) is 18.1 Å². The van der Waals surface area contributed by atoms with Crippen LogP contribution >= 0.6 is 0 Å². The van der Waals surface area contributed by atoms with Crippen molar-refractivity contribution in [3.8, 4) is 0 Å². The molecule has 1 amide bonds. The summed E-state index contributed by atoms with van der Waals surface area (Å²) in [6, 6.07) is 9.81. The Morgan fingerprint density at radius 1 is 1.26 bits per heavy atom. The van der Waals surface area contributed by atoms with E-state index in [1.54, 1.807) is 0 Å². The van der Waals surface area contributed by atoms with E-state index in [0.29, 0.717) is 19.8 Å². The summed E-state index contributed by atoms with van der Waals surface area (Å²) in [6.45, 7) is 12.3. The fourth-order valence-corrected chi connectivity index (χ4v) is 3.91. The van der Waals surface area contributed by atoms with E-state index in [-0.39, 0.29) is 17.1 Å². The zero-order valence-corrected chi connectivity index (χ0v) is 18.2. The zero-order chi connectivity index (χ0) is 20.1. The fourth-order valence-electron chi connectivity index (χ4n) is 2.87. The molecule has 6 nitrogen and oxygen atoms in total. The van der Waals surface area contributed by atoms with Gasteiger partial charge in [0.15, 0.2) is 8.32 Å². The number of likely N-dealkylation sites (tertiary alicyclic amines) is 1. The number of hydrogen-bond acceptors (Lipinski definition) is 4. The Kier molecular flexibility index (Phi) is 7.45. The molecule has 1 aliphatic rings. The third-order valence-electron chi connectivity index (χ3n) is 5.73. The highest BCUT2D eigenvalue weighted by Gasteiger charge is 2.39. The first-order valence-electron chi connectivity index (χ1n) is 9.65. The van der Waals surface area contributed by atoms with Crippen LogP contribution in [-0.2, 0) is 15.9 Å². The topological polar surface area (TPSA) is 71.0 Å². The van der Waals surface area contributed by atoms with Crippen molar-refractivity contribution in [2.24, 2.45) is 0 Å². The highest BCUT2D eigenvalue weighted by atomic mass is 28.4. The molecule has 0 spiro atoms.